The van der Waals surface area contributed by atoms with Crippen LogP contribution in [0.5, 0.6) is 11.5 Å². The van der Waals surface area contributed by atoms with E-state index in [9.17, 15) is 13.2 Å². The lowest BCUT2D eigenvalue weighted by Gasteiger charge is -2.11. The topological polar surface area (TPSA) is 111 Å². The second-order valence-corrected chi connectivity index (χ2v) is 6.53. The standard InChI is InChI=1S/C15H14N2O6S/c1-21-12-6-3-9(7-14(12)22-2)17-24(19,20)10-4-5-11-13(8-10)23-15(18)16-11/h3-8,17H,1-2H3,(H,16,18). The number of methoxy groups -OCH3 is 2. The predicted molar refractivity (Wildman–Crippen MR) is 87.2 cm³/mol. The van der Waals surface area contributed by atoms with Gasteiger partial charge in [-0.3, -0.25) is 9.71 Å². The van der Waals surface area contributed by atoms with E-state index in [-0.39, 0.29) is 10.5 Å². The summed E-state index contributed by atoms with van der Waals surface area (Å²) < 4.78 is 42.6. The molecule has 0 aliphatic heterocycles. The summed E-state index contributed by atoms with van der Waals surface area (Å²) in [4.78, 5) is 13.6. The van der Waals surface area contributed by atoms with Crippen LogP contribution in [-0.2, 0) is 10.0 Å². The number of anilines is 1. The monoisotopic (exact) mass is 350 g/mol. The molecule has 0 atom stereocenters. The molecular weight excluding hydrogens is 336 g/mol. The zero-order valence-corrected chi connectivity index (χ0v) is 13.6. The molecule has 0 fully saturated rings. The number of aromatic nitrogens is 1. The first-order valence-corrected chi connectivity index (χ1v) is 8.29. The maximum Gasteiger partial charge on any atom is 0.417 e. The van der Waals surface area contributed by atoms with E-state index < -0.39 is 15.8 Å². The van der Waals surface area contributed by atoms with Crippen molar-refractivity contribution in [1.29, 1.82) is 0 Å². The van der Waals surface area contributed by atoms with E-state index in [1.165, 1.54) is 38.5 Å². The normalized spacial score (nSPS) is 11.4. The molecule has 8 nitrogen and oxygen atoms in total. The summed E-state index contributed by atoms with van der Waals surface area (Å²) in [6, 6.07) is 8.75. The fourth-order valence-electron chi connectivity index (χ4n) is 2.21. The quantitative estimate of drug-likeness (QED) is 0.727. The highest BCUT2D eigenvalue weighted by molar-refractivity contribution is 7.92. The third-order valence-corrected chi connectivity index (χ3v) is 4.72. The van der Waals surface area contributed by atoms with E-state index in [0.29, 0.717) is 22.7 Å². The van der Waals surface area contributed by atoms with Crippen molar-refractivity contribution < 1.29 is 22.3 Å². The van der Waals surface area contributed by atoms with Gasteiger partial charge in [0.2, 0.25) is 0 Å². The summed E-state index contributed by atoms with van der Waals surface area (Å²) in [5.74, 6) is 0.230. The van der Waals surface area contributed by atoms with Gasteiger partial charge in [-0.2, -0.15) is 0 Å². The number of hydrogen-bond acceptors (Lipinski definition) is 6. The zero-order valence-electron chi connectivity index (χ0n) is 12.8. The van der Waals surface area contributed by atoms with Crippen LogP contribution in [0.25, 0.3) is 11.1 Å². The number of oxazole rings is 1. The Morgan fingerprint density at radius 2 is 1.79 bits per heavy atom. The maximum absolute atomic E-state index is 12.5. The van der Waals surface area contributed by atoms with E-state index >= 15 is 0 Å². The van der Waals surface area contributed by atoms with Crippen LogP contribution >= 0.6 is 0 Å². The van der Waals surface area contributed by atoms with Gasteiger partial charge in [-0.25, -0.2) is 13.2 Å². The summed E-state index contributed by atoms with van der Waals surface area (Å²) >= 11 is 0. The Balaban J connectivity index is 1.96. The Kier molecular flexibility index (Phi) is 3.94. The molecule has 2 N–H and O–H groups in total. The molecule has 0 saturated heterocycles. The van der Waals surface area contributed by atoms with Gasteiger partial charge in [0.1, 0.15) is 0 Å². The molecule has 9 heteroatoms. The van der Waals surface area contributed by atoms with Crippen LogP contribution in [-0.4, -0.2) is 27.6 Å². The first-order valence-electron chi connectivity index (χ1n) is 6.80. The third-order valence-electron chi connectivity index (χ3n) is 3.34. The first-order chi connectivity index (χ1) is 11.4. The molecule has 0 saturated carbocycles. The van der Waals surface area contributed by atoms with Crippen molar-refractivity contribution in [3.8, 4) is 11.5 Å². The fourth-order valence-corrected chi connectivity index (χ4v) is 3.27. The average Bonchev–Trinajstić information content (AvgIpc) is 2.93. The first kappa shape index (κ1) is 15.9. The van der Waals surface area contributed by atoms with Crippen molar-refractivity contribution in [3.63, 3.8) is 0 Å². The summed E-state index contributed by atoms with van der Waals surface area (Å²) in [7, 11) is -0.918. The number of ether oxygens (including phenoxy) is 2. The van der Waals surface area contributed by atoms with Crippen LogP contribution in [0.3, 0.4) is 0 Å². The van der Waals surface area contributed by atoms with Gasteiger partial charge in [0.25, 0.3) is 10.0 Å². The van der Waals surface area contributed by atoms with Crippen molar-refractivity contribution in [3.05, 3.63) is 46.9 Å². The summed E-state index contributed by atoms with van der Waals surface area (Å²) in [5, 5.41) is 0. The molecule has 0 radical (unpaired) electrons. The molecule has 2 aromatic carbocycles. The molecule has 24 heavy (non-hydrogen) atoms. The van der Waals surface area contributed by atoms with Crippen molar-refractivity contribution in [2.24, 2.45) is 0 Å². The Bertz CT molecular complexity index is 1050. The number of aromatic amines is 1. The van der Waals surface area contributed by atoms with Gasteiger partial charge in [0.05, 0.1) is 30.3 Å². The number of fused-ring (bicyclic) bond motifs is 1. The molecule has 0 spiro atoms. The predicted octanol–water partition coefficient (Wildman–Crippen LogP) is 1.94. The van der Waals surface area contributed by atoms with Gasteiger partial charge >= 0.3 is 5.76 Å². The minimum absolute atomic E-state index is 0.0347. The Hall–Kier alpha value is -2.94. The molecular formula is C15H14N2O6S. The molecule has 1 aromatic heterocycles. The average molecular weight is 350 g/mol. The SMILES string of the molecule is COc1ccc(NS(=O)(=O)c2ccc3[nH]c(=O)oc3c2)cc1OC. The lowest BCUT2D eigenvalue weighted by molar-refractivity contribution is 0.355. The molecule has 3 aromatic rings. The van der Waals surface area contributed by atoms with Gasteiger partial charge in [-0.1, -0.05) is 0 Å². The molecule has 0 aliphatic carbocycles. The van der Waals surface area contributed by atoms with E-state index in [4.69, 9.17) is 13.9 Å². The highest BCUT2D eigenvalue weighted by atomic mass is 32.2. The van der Waals surface area contributed by atoms with E-state index in [1.807, 2.05) is 0 Å². The summed E-state index contributed by atoms with van der Waals surface area (Å²) in [5.41, 5.74) is 0.892. The Morgan fingerprint density at radius 1 is 1.04 bits per heavy atom. The zero-order chi connectivity index (χ0) is 17.3. The Morgan fingerprint density at radius 3 is 2.50 bits per heavy atom. The van der Waals surface area contributed by atoms with Gasteiger partial charge in [0.15, 0.2) is 17.1 Å². The lowest BCUT2D eigenvalue weighted by Crippen LogP contribution is -2.13. The third kappa shape index (κ3) is 2.93. The van der Waals surface area contributed by atoms with Gasteiger partial charge in [-0.15, -0.1) is 0 Å². The van der Waals surface area contributed by atoms with Crippen molar-refractivity contribution in [2.75, 3.05) is 18.9 Å². The van der Waals surface area contributed by atoms with Crippen LogP contribution < -0.4 is 20.0 Å². The van der Waals surface area contributed by atoms with Crippen LogP contribution in [0, 0.1) is 0 Å². The number of nitrogens with one attached hydrogen (secondary N) is 2. The fraction of sp³-hybridized carbons (Fsp3) is 0.133. The second kappa shape index (κ2) is 5.93. The van der Waals surface area contributed by atoms with Crippen molar-refractivity contribution >= 4 is 26.8 Å². The van der Waals surface area contributed by atoms with E-state index in [2.05, 4.69) is 9.71 Å². The molecule has 126 valence electrons. The van der Waals surface area contributed by atoms with Crippen molar-refractivity contribution in [1.82, 2.24) is 4.98 Å². The van der Waals surface area contributed by atoms with Crippen LogP contribution in [0.2, 0.25) is 0 Å². The molecule has 1 heterocycles. The van der Waals surface area contributed by atoms with E-state index in [1.54, 1.807) is 12.1 Å². The highest BCUT2D eigenvalue weighted by Crippen LogP contribution is 2.31. The molecule has 0 unspecified atom stereocenters. The van der Waals surface area contributed by atoms with Crippen LogP contribution in [0.15, 0.2) is 50.5 Å². The number of rotatable bonds is 5. The molecule has 0 aliphatic rings. The lowest BCUT2D eigenvalue weighted by atomic mass is 10.3. The number of benzene rings is 2. The Labute approximate surface area is 137 Å². The summed E-state index contributed by atoms with van der Waals surface area (Å²) in [6.45, 7) is 0. The number of sulfonamides is 1. The van der Waals surface area contributed by atoms with Crippen molar-refractivity contribution in [2.45, 2.75) is 4.90 Å². The van der Waals surface area contributed by atoms with Crippen LogP contribution in [0.1, 0.15) is 0 Å². The van der Waals surface area contributed by atoms with Gasteiger partial charge in [-0.05, 0) is 24.3 Å². The summed E-state index contributed by atoms with van der Waals surface area (Å²) in [6.07, 6.45) is 0. The largest absolute Gasteiger partial charge is 0.493 e. The molecule has 0 bridgehead atoms. The smallest absolute Gasteiger partial charge is 0.417 e. The molecule has 0 amide bonds. The second-order valence-electron chi connectivity index (χ2n) is 4.85. The highest BCUT2D eigenvalue weighted by Gasteiger charge is 2.17. The number of hydrogen-bond donors (Lipinski definition) is 2. The molecule has 3 rings (SSSR count). The minimum atomic E-state index is -3.86. The van der Waals surface area contributed by atoms with Gasteiger partial charge in [0, 0.05) is 12.1 Å². The van der Waals surface area contributed by atoms with Crippen LogP contribution in [0.4, 0.5) is 5.69 Å². The maximum atomic E-state index is 12.5. The van der Waals surface area contributed by atoms with E-state index in [0.717, 1.165) is 0 Å². The van der Waals surface area contributed by atoms with Gasteiger partial charge < -0.3 is 13.9 Å². The number of H-pyrrole nitrogens is 1. The minimum Gasteiger partial charge on any atom is -0.493 e.